The highest BCUT2D eigenvalue weighted by Gasteiger charge is 2.15. The monoisotopic (exact) mass is 290 g/mol. The maximum atomic E-state index is 11.3. The molecule has 0 unspecified atom stereocenters. The van der Waals surface area contributed by atoms with E-state index in [4.69, 9.17) is 10.00 Å². The van der Waals surface area contributed by atoms with E-state index in [-0.39, 0.29) is 12.5 Å². The predicted molar refractivity (Wildman–Crippen MR) is 85.3 cm³/mol. The number of anilines is 1. The van der Waals surface area contributed by atoms with Crippen molar-refractivity contribution in [2.75, 3.05) is 11.9 Å². The molecule has 4 nitrogen and oxygen atoms in total. The molecule has 108 valence electrons. The van der Waals surface area contributed by atoms with Crippen molar-refractivity contribution in [3.8, 4) is 11.8 Å². The van der Waals surface area contributed by atoms with Gasteiger partial charge in [-0.2, -0.15) is 5.26 Å². The van der Waals surface area contributed by atoms with Crippen LogP contribution in [0.1, 0.15) is 16.7 Å². The summed E-state index contributed by atoms with van der Waals surface area (Å²) >= 11 is 0. The molecule has 2 aromatic rings. The Labute approximate surface area is 128 Å². The molecule has 0 saturated heterocycles. The summed E-state index contributed by atoms with van der Waals surface area (Å²) in [4.78, 5) is 11.3. The van der Waals surface area contributed by atoms with Crippen LogP contribution >= 0.6 is 0 Å². The lowest BCUT2D eigenvalue weighted by Gasteiger charge is -2.17. The summed E-state index contributed by atoms with van der Waals surface area (Å²) in [5.74, 6) is 0.555. The molecule has 4 heteroatoms. The summed E-state index contributed by atoms with van der Waals surface area (Å²) in [5, 5.41) is 11.4. The maximum Gasteiger partial charge on any atom is 0.262 e. The Morgan fingerprint density at radius 2 is 1.86 bits per heavy atom. The number of nitrogens with zero attached hydrogens (tertiary/aromatic N) is 1. The molecule has 0 aliphatic carbocycles. The number of ether oxygens (including phenoxy) is 1. The van der Waals surface area contributed by atoms with Gasteiger partial charge in [-0.15, -0.1) is 0 Å². The first-order valence-electron chi connectivity index (χ1n) is 6.95. The van der Waals surface area contributed by atoms with Gasteiger partial charge < -0.3 is 10.1 Å². The molecule has 1 heterocycles. The van der Waals surface area contributed by atoms with E-state index in [2.05, 4.69) is 11.4 Å². The van der Waals surface area contributed by atoms with Gasteiger partial charge in [-0.25, -0.2) is 0 Å². The first-order chi connectivity index (χ1) is 10.7. The van der Waals surface area contributed by atoms with E-state index in [0.29, 0.717) is 17.9 Å². The molecule has 22 heavy (non-hydrogen) atoms. The van der Waals surface area contributed by atoms with Crippen LogP contribution in [-0.2, 0) is 11.2 Å². The second-order valence-corrected chi connectivity index (χ2v) is 5.00. The zero-order chi connectivity index (χ0) is 15.4. The van der Waals surface area contributed by atoms with Crippen molar-refractivity contribution in [1.29, 1.82) is 5.26 Å². The fourth-order valence-corrected chi connectivity index (χ4v) is 2.23. The van der Waals surface area contributed by atoms with E-state index < -0.39 is 0 Å². The average molecular weight is 290 g/mol. The largest absolute Gasteiger partial charge is 0.482 e. The number of fused-ring (bicyclic) bond motifs is 1. The maximum absolute atomic E-state index is 11.3. The molecule has 1 aliphatic heterocycles. The van der Waals surface area contributed by atoms with Crippen molar-refractivity contribution in [1.82, 2.24) is 0 Å². The minimum absolute atomic E-state index is 0.0667. The van der Waals surface area contributed by atoms with Crippen molar-refractivity contribution in [3.05, 3.63) is 59.2 Å². The first kappa shape index (κ1) is 13.9. The quantitative estimate of drug-likeness (QED) is 0.883. The van der Waals surface area contributed by atoms with Gasteiger partial charge in [0, 0.05) is 0 Å². The number of carbonyl (C=O) groups is 1. The number of hydrogen-bond donors (Lipinski definition) is 1. The van der Waals surface area contributed by atoms with Gasteiger partial charge in [0.2, 0.25) is 0 Å². The third-order valence-electron chi connectivity index (χ3n) is 3.37. The predicted octanol–water partition coefficient (Wildman–Crippen LogP) is 3.25. The Hall–Kier alpha value is -3.06. The molecule has 2 aromatic carbocycles. The molecule has 3 rings (SSSR count). The third kappa shape index (κ3) is 3.15. The van der Waals surface area contributed by atoms with Gasteiger partial charge in [0.05, 0.1) is 18.2 Å². The number of rotatable bonds is 3. The summed E-state index contributed by atoms with van der Waals surface area (Å²) in [7, 11) is 0. The van der Waals surface area contributed by atoms with Gasteiger partial charge in [-0.1, -0.05) is 42.5 Å². The van der Waals surface area contributed by atoms with Crippen molar-refractivity contribution >= 4 is 23.7 Å². The highest BCUT2D eigenvalue weighted by molar-refractivity contribution is 5.95. The topological polar surface area (TPSA) is 62.1 Å². The molecule has 0 bridgehead atoms. The standard InChI is InChI=1S/C18H14N2O2/c19-10-9-14-3-1-13(2-4-14)5-6-15-7-8-17-16(11-15)20-18(21)12-22-17/h1-8,11H,9,12H2,(H,20,21). The van der Waals surface area contributed by atoms with Gasteiger partial charge in [0.25, 0.3) is 5.91 Å². The zero-order valence-corrected chi connectivity index (χ0v) is 11.9. The van der Waals surface area contributed by atoms with Crippen molar-refractivity contribution in [2.24, 2.45) is 0 Å². The highest BCUT2D eigenvalue weighted by Crippen LogP contribution is 2.29. The van der Waals surface area contributed by atoms with Gasteiger partial charge in [-0.05, 0) is 28.8 Å². The molecule has 0 saturated carbocycles. The summed E-state index contributed by atoms with van der Waals surface area (Å²) in [5.41, 5.74) is 3.74. The number of carbonyl (C=O) groups excluding carboxylic acids is 1. The fraction of sp³-hybridized carbons (Fsp3) is 0.111. The Balaban J connectivity index is 1.76. The molecule has 1 N–H and O–H groups in total. The summed E-state index contributed by atoms with van der Waals surface area (Å²) < 4.78 is 5.33. The molecule has 1 aliphatic rings. The minimum Gasteiger partial charge on any atom is -0.482 e. The van der Waals surface area contributed by atoms with E-state index in [0.717, 1.165) is 16.7 Å². The van der Waals surface area contributed by atoms with E-state index in [1.54, 1.807) is 0 Å². The number of nitriles is 1. The molecule has 1 amide bonds. The lowest BCUT2D eigenvalue weighted by Crippen LogP contribution is -2.25. The molecule has 0 radical (unpaired) electrons. The van der Waals surface area contributed by atoms with Crippen LogP contribution in [0.3, 0.4) is 0 Å². The highest BCUT2D eigenvalue weighted by atomic mass is 16.5. The average Bonchev–Trinajstić information content (AvgIpc) is 2.54. The third-order valence-corrected chi connectivity index (χ3v) is 3.37. The number of benzene rings is 2. The van der Waals surface area contributed by atoms with Crippen LogP contribution in [0.5, 0.6) is 5.75 Å². The summed E-state index contributed by atoms with van der Waals surface area (Å²) in [6.07, 6.45) is 4.39. The van der Waals surface area contributed by atoms with Gasteiger partial charge in [0.15, 0.2) is 6.61 Å². The minimum atomic E-state index is -0.137. The van der Waals surface area contributed by atoms with Crippen molar-refractivity contribution in [2.45, 2.75) is 6.42 Å². The summed E-state index contributed by atoms with van der Waals surface area (Å²) in [6.45, 7) is 0.0667. The molecule has 0 aromatic heterocycles. The zero-order valence-electron chi connectivity index (χ0n) is 11.9. The van der Waals surface area contributed by atoms with E-state index >= 15 is 0 Å². The molecule has 0 fully saturated rings. The van der Waals surface area contributed by atoms with Crippen LogP contribution < -0.4 is 10.1 Å². The van der Waals surface area contributed by atoms with Gasteiger partial charge in [-0.3, -0.25) is 4.79 Å². The molecule has 0 atom stereocenters. The smallest absolute Gasteiger partial charge is 0.262 e. The van der Waals surface area contributed by atoms with Gasteiger partial charge in [0.1, 0.15) is 5.75 Å². The Morgan fingerprint density at radius 3 is 2.64 bits per heavy atom. The normalized spacial score (nSPS) is 13.1. The van der Waals surface area contributed by atoms with E-state index in [1.807, 2.05) is 54.6 Å². The molecule has 0 spiro atoms. The van der Waals surface area contributed by atoms with E-state index in [9.17, 15) is 4.79 Å². The second-order valence-electron chi connectivity index (χ2n) is 5.00. The Morgan fingerprint density at radius 1 is 1.14 bits per heavy atom. The van der Waals surface area contributed by atoms with Crippen LogP contribution in [0.4, 0.5) is 5.69 Å². The SMILES string of the molecule is N#CCc1ccc(C=Cc2ccc3c(c2)NC(=O)CO3)cc1. The van der Waals surface area contributed by atoms with Crippen molar-refractivity contribution < 1.29 is 9.53 Å². The van der Waals surface area contributed by atoms with Crippen LogP contribution in [-0.4, -0.2) is 12.5 Å². The summed E-state index contributed by atoms with van der Waals surface area (Å²) in [6, 6.07) is 15.7. The van der Waals surface area contributed by atoms with Crippen LogP contribution in [0.15, 0.2) is 42.5 Å². The van der Waals surface area contributed by atoms with Crippen molar-refractivity contribution in [3.63, 3.8) is 0 Å². The fourth-order valence-electron chi connectivity index (χ4n) is 2.23. The Kier molecular flexibility index (Phi) is 3.88. The Bertz CT molecular complexity index is 771. The second kappa shape index (κ2) is 6.15. The van der Waals surface area contributed by atoms with Crippen LogP contribution in [0.2, 0.25) is 0 Å². The van der Waals surface area contributed by atoms with Gasteiger partial charge >= 0.3 is 0 Å². The first-order valence-corrected chi connectivity index (χ1v) is 6.95. The lowest BCUT2D eigenvalue weighted by molar-refractivity contribution is -0.118. The number of nitrogens with one attached hydrogen (secondary N) is 1. The number of hydrogen-bond acceptors (Lipinski definition) is 3. The van der Waals surface area contributed by atoms with Crippen LogP contribution in [0.25, 0.3) is 12.2 Å². The van der Waals surface area contributed by atoms with E-state index in [1.165, 1.54) is 0 Å². The number of amides is 1. The van der Waals surface area contributed by atoms with Crippen LogP contribution in [0, 0.1) is 11.3 Å². The molecular weight excluding hydrogens is 276 g/mol. The lowest BCUT2D eigenvalue weighted by atomic mass is 10.1. The molecular formula is C18H14N2O2.